The zero-order chi connectivity index (χ0) is 14.5. The molecule has 2 aliphatic rings. The van der Waals surface area contributed by atoms with Gasteiger partial charge in [0, 0.05) is 36.5 Å². The molecule has 2 aliphatic carbocycles. The van der Waals surface area contributed by atoms with Crippen molar-refractivity contribution in [2.45, 2.75) is 36.6 Å². The van der Waals surface area contributed by atoms with Gasteiger partial charge < -0.3 is 9.47 Å². The van der Waals surface area contributed by atoms with Crippen LogP contribution in [0.5, 0.6) is 0 Å². The Hall–Kier alpha value is -1.01. The molecule has 1 heterocycles. The number of amides is 1. The van der Waals surface area contributed by atoms with E-state index in [1.165, 1.54) is 25.1 Å². The summed E-state index contributed by atoms with van der Waals surface area (Å²) in [5, 5.41) is 0. The highest BCUT2D eigenvalue weighted by Gasteiger charge is 2.32. The second-order valence-corrected chi connectivity index (χ2v) is 8.33. The maximum Gasteiger partial charge on any atom is 0.270 e. The first kappa shape index (κ1) is 13.9. The van der Waals surface area contributed by atoms with E-state index in [0.717, 1.165) is 19.4 Å². The summed E-state index contributed by atoms with van der Waals surface area (Å²) in [7, 11) is 3.35. The van der Waals surface area contributed by atoms with Gasteiger partial charge in [-0.3, -0.25) is 4.79 Å². The van der Waals surface area contributed by atoms with Crippen LogP contribution in [0.1, 0.15) is 42.2 Å². The molecule has 1 amide bonds. The Balaban J connectivity index is 1.90. The maximum absolute atomic E-state index is 12.5. The lowest BCUT2D eigenvalue weighted by Gasteiger charge is -2.17. The molecule has 3 rings (SSSR count). The third-order valence-corrected chi connectivity index (χ3v) is 5.16. The van der Waals surface area contributed by atoms with Gasteiger partial charge in [0.1, 0.15) is 10.6 Å². The standard InChI is InChI=1S/C13H17ClN2O3S/c1-15(7-9-2-3-9)13(17)12-6-11(20(14,18)19)8-16(12)10-4-5-10/h6,8-10H,2-5,7H2,1H3. The van der Waals surface area contributed by atoms with Crippen LogP contribution < -0.4 is 0 Å². The first-order valence-electron chi connectivity index (χ1n) is 6.78. The molecule has 0 unspecified atom stereocenters. The fraction of sp³-hybridized carbons (Fsp3) is 0.615. The van der Waals surface area contributed by atoms with Gasteiger partial charge in [-0.2, -0.15) is 0 Å². The number of hydrogen-bond acceptors (Lipinski definition) is 3. The molecular weight excluding hydrogens is 300 g/mol. The van der Waals surface area contributed by atoms with Gasteiger partial charge in [0.05, 0.1) is 0 Å². The van der Waals surface area contributed by atoms with Crippen LogP contribution in [-0.2, 0) is 9.05 Å². The summed E-state index contributed by atoms with van der Waals surface area (Å²) < 4.78 is 24.7. The lowest BCUT2D eigenvalue weighted by atomic mass is 10.3. The number of halogens is 1. The molecule has 7 heteroatoms. The van der Waals surface area contributed by atoms with Gasteiger partial charge in [-0.1, -0.05) is 0 Å². The predicted molar refractivity (Wildman–Crippen MR) is 75.4 cm³/mol. The van der Waals surface area contributed by atoms with E-state index in [2.05, 4.69) is 0 Å². The Kier molecular flexibility index (Phi) is 3.33. The van der Waals surface area contributed by atoms with E-state index in [4.69, 9.17) is 10.7 Å². The molecule has 0 aliphatic heterocycles. The number of hydrogen-bond donors (Lipinski definition) is 0. The van der Waals surface area contributed by atoms with Gasteiger partial charge >= 0.3 is 0 Å². The van der Waals surface area contributed by atoms with Crippen LogP contribution in [0.3, 0.4) is 0 Å². The SMILES string of the molecule is CN(CC1CC1)C(=O)c1cc(S(=O)(=O)Cl)cn1C1CC1. The van der Waals surface area contributed by atoms with Gasteiger partial charge in [-0.15, -0.1) is 0 Å². The van der Waals surface area contributed by atoms with E-state index >= 15 is 0 Å². The van der Waals surface area contributed by atoms with Gasteiger partial charge in [0.15, 0.2) is 0 Å². The largest absolute Gasteiger partial charge is 0.340 e. The average Bonchev–Trinajstić information content (AvgIpc) is 3.27. The normalized spacial score (nSPS) is 19.1. The topological polar surface area (TPSA) is 59.4 Å². The highest BCUT2D eigenvalue weighted by molar-refractivity contribution is 8.13. The fourth-order valence-electron chi connectivity index (χ4n) is 2.38. The second-order valence-electron chi connectivity index (χ2n) is 5.77. The van der Waals surface area contributed by atoms with Crippen LogP contribution in [-0.4, -0.2) is 37.4 Å². The van der Waals surface area contributed by atoms with Crippen LogP contribution in [0.2, 0.25) is 0 Å². The maximum atomic E-state index is 12.5. The summed E-state index contributed by atoms with van der Waals surface area (Å²) in [5.74, 6) is 0.472. The van der Waals surface area contributed by atoms with Gasteiger partial charge in [-0.25, -0.2) is 8.42 Å². The van der Waals surface area contributed by atoms with Crippen LogP contribution in [0.4, 0.5) is 0 Å². The Labute approximate surface area is 122 Å². The molecule has 0 bridgehead atoms. The van der Waals surface area contributed by atoms with E-state index in [1.807, 2.05) is 0 Å². The summed E-state index contributed by atoms with van der Waals surface area (Å²) in [4.78, 5) is 14.2. The van der Waals surface area contributed by atoms with E-state index < -0.39 is 9.05 Å². The zero-order valence-electron chi connectivity index (χ0n) is 11.3. The van der Waals surface area contributed by atoms with Gasteiger partial charge in [0.2, 0.25) is 0 Å². The lowest BCUT2D eigenvalue weighted by Crippen LogP contribution is -2.30. The molecule has 1 aromatic rings. The minimum atomic E-state index is -3.80. The Morgan fingerprint density at radius 1 is 1.40 bits per heavy atom. The van der Waals surface area contributed by atoms with E-state index in [-0.39, 0.29) is 16.8 Å². The number of aromatic nitrogens is 1. The number of rotatable bonds is 5. The number of nitrogens with zero attached hydrogens (tertiary/aromatic N) is 2. The van der Waals surface area contributed by atoms with Crippen molar-refractivity contribution in [2.24, 2.45) is 5.92 Å². The smallest absolute Gasteiger partial charge is 0.270 e. The molecule has 2 fully saturated rings. The third kappa shape index (κ3) is 2.86. The van der Waals surface area contributed by atoms with E-state index in [1.54, 1.807) is 16.5 Å². The van der Waals surface area contributed by atoms with Gasteiger partial charge in [0.25, 0.3) is 15.0 Å². The molecular formula is C13H17ClN2O3S. The molecule has 0 aromatic carbocycles. The van der Waals surface area contributed by atoms with E-state index in [0.29, 0.717) is 11.6 Å². The zero-order valence-corrected chi connectivity index (χ0v) is 12.8. The van der Waals surface area contributed by atoms with Crippen LogP contribution >= 0.6 is 10.7 Å². The van der Waals surface area contributed by atoms with Crippen molar-refractivity contribution in [3.63, 3.8) is 0 Å². The van der Waals surface area contributed by atoms with Crippen LogP contribution in [0, 0.1) is 5.92 Å². The Morgan fingerprint density at radius 3 is 2.55 bits per heavy atom. The molecule has 0 saturated heterocycles. The summed E-state index contributed by atoms with van der Waals surface area (Å²) in [6.45, 7) is 0.734. The third-order valence-electron chi connectivity index (χ3n) is 3.84. The van der Waals surface area contributed by atoms with Gasteiger partial charge in [-0.05, 0) is 37.7 Å². The monoisotopic (exact) mass is 316 g/mol. The molecule has 0 atom stereocenters. The van der Waals surface area contributed by atoms with Crippen molar-refractivity contribution in [1.82, 2.24) is 9.47 Å². The first-order valence-corrected chi connectivity index (χ1v) is 9.09. The molecule has 20 heavy (non-hydrogen) atoms. The molecule has 0 N–H and O–H groups in total. The summed E-state index contributed by atoms with van der Waals surface area (Å²) in [5.41, 5.74) is 0.426. The molecule has 1 aromatic heterocycles. The Bertz CT molecular complexity index is 645. The second kappa shape index (κ2) is 4.77. The average molecular weight is 317 g/mol. The van der Waals surface area contributed by atoms with E-state index in [9.17, 15) is 13.2 Å². The molecule has 110 valence electrons. The quantitative estimate of drug-likeness (QED) is 0.783. The highest BCUT2D eigenvalue weighted by atomic mass is 35.7. The molecule has 2 saturated carbocycles. The minimum absolute atomic E-state index is 0.00855. The summed E-state index contributed by atoms with van der Waals surface area (Å²) >= 11 is 0. The van der Waals surface area contributed by atoms with Crippen LogP contribution in [0.25, 0.3) is 0 Å². The van der Waals surface area contributed by atoms with Crippen molar-refractivity contribution in [3.05, 3.63) is 18.0 Å². The van der Waals surface area contributed by atoms with Crippen molar-refractivity contribution < 1.29 is 13.2 Å². The number of carbonyl (C=O) groups excluding carboxylic acids is 1. The Morgan fingerprint density at radius 2 is 2.05 bits per heavy atom. The lowest BCUT2D eigenvalue weighted by molar-refractivity contribution is 0.0777. The predicted octanol–water partition coefficient (Wildman–Crippen LogP) is 2.23. The van der Waals surface area contributed by atoms with Crippen molar-refractivity contribution in [2.75, 3.05) is 13.6 Å². The summed E-state index contributed by atoms with van der Waals surface area (Å²) in [6, 6.07) is 1.63. The summed E-state index contributed by atoms with van der Waals surface area (Å²) in [6.07, 6.45) is 5.77. The molecule has 0 spiro atoms. The molecule has 5 nitrogen and oxygen atoms in total. The van der Waals surface area contributed by atoms with Crippen LogP contribution in [0.15, 0.2) is 17.2 Å². The molecule has 0 radical (unpaired) electrons. The van der Waals surface area contributed by atoms with Crippen molar-refractivity contribution >= 4 is 25.6 Å². The fourth-order valence-corrected chi connectivity index (χ4v) is 3.12. The highest BCUT2D eigenvalue weighted by Crippen LogP contribution is 2.38. The minimum Gasteiger partial charge on any atom is -0.340 e. The van der Waals surface area contributed by atoms with Crippen molar-refractivity contribution in [3.8, 4) is 0 Å². The van der Waals surface area contributed by atoms with Crippen molar-refractivity contribution in [1.29, 1.82) is 0 Å². The number of carbonyl (C=O) groups is 1. The first-order chi connectivity index (χ1) is 9.36.